The molecule has 4 heteroatoms. The van der Waals surface area contributed by atoms with Gasteiger partial charge in [-0.15, -0.1) is 0 Å². The van der Waals surface area contributed by atoms with E-state index in [4.69, 9.17) is 9.47 Å². The van der Waals surface area contributed by atoms with Crippen molar-refractivity contribution in [2.45, 2.75) is 40.2 Å². The van der Waals surface area contributed by atoms with Crippen LogP contribution < -0.4 is 4.74 Å². The third-order valence-electron chi connectivity index (χ3n) is 7.22. The summed E-state index contributed by atoms with van der Waals surface area (Å²) >= 11 is 0. The number of allylic oxidation sites excluding steroid dienone is 3. The van der Waals surface area contributed by atoms with E-state index in [9.17, 15) is 9.90 Å². The average Bonchev–Trinajstić information content (AvgIpc) is 2.77. The van der Waals surface area contributed by atoms with Gasteiger partial charge in [-0.05, 0) is 62.4 Å². The number of carbonyl (C=O) groups excluding carboxylic acids is 1. The third kappa shape index (κ3) is 3.00. The van der Waals surface area contributed by atoms with Crippen molar-refractivity contribution >= 4 is 5.78 Å². The van der Waals surface area contributed by atoms with Crippen LogP contribution in [0.25, 0.3) is 0 Å². The first kappa shape index (κ1) is 21.5. The molecule has 1 N–H and O–H groups in total. The molecule has 0 saturated heterocycles. The van der Waals surface area contributed by atoms with Crippen LogP contribution in [0.5, 0.6) is 5.75 Å². The molecule has 2 aliphatic carbocycles. The minimum atomic E-state index is -1.42. The number of rotatable bonds is 4. The molecule has 2 aliphatic rings. The quantitative estimate of drug-likeness (QED) is 0.703. The second-order valence-corrected chi connectivity index (χ2v) is 8.73. The molecular weight excluding hydrogens is 388 g/mol. The van der Waals surface area contributed by atoms with E-state index in [1.165, 1.54) is 0 Å². The Morgan fingerprint density at radius 2 is 1.68 bits per heavy atom. The van der Waals surface area contributed by atoms with Crippen molar-refractivity contribution in [1.82, 2.24) is 0 Å². The highest BCUT2D eigenvalue weighted by atomic mass is 16.7. The Labute approximate surface area is 184 Å². The van der Waals surface area contributed by atoms with E-state index in [-0.39, 0.29) is 12.6 Å². The van der Waals surface area contributed by atoms with Crippen LogP contribution in [0.1, 0.15) is 50.7 Å². The summed E-state index contributed by atoms with van der Waals surface area (Å²) in [6, 6.07) is 7.43. The van der Waals surface area contributed by atoms with E-state index in [0.717, 1.165) is 33.4 Å². The average molecular weight is 419 g/mol. The topological polar surface area (TPSA) is 55.8 Å². The number of hydrogen-bond acceptors (Lipinski definition) is 4. The summed E-state index contributed by atoms with van der Waals surface area (Å²) in [5, 5.41) is 12.7. The van der Waals surface area contributed by atoms with Crippen LogP contribution in [0.2, 0.25) is 0 Å². The van der Waals surface area contributed by atoms with Gasteiger partial charge in [-0.3, -0.25) is 4.79 Å². The third-order valence-corrected chi connectivity index (χ3v) is 7.22. The van der Waals surface area contributed by atoms with Gasteiger partial charge in [0.25, 0.3) is 0 Å². The Balaban J connectivity index is 2.13. The summed E-state index contributed by atoms with van der Waals surface area (Å²) in [5.74, 6) is -0.159. The fourth-order valence-electron chi connectivity index (χ4n) is 5.36. The fourth-order valence-corrected chi connectivity index (χ4v) is 5.36. The minimum absolute atomic E-state index is 0.0477. The number of fused-ring (bicyclic) bond motifs is 2. The number of methoxy groups -OCH3 is 1. The summed E-state index contributed by atoms with van der Waals surface area (Å²) < 4.78 is 11.3. The molecule has 0 spiro atoms. The van der Waals surface area contributed by atoms with Crippen molar-refractivity contribution in [3.63, 3.8) is 0 Å². The number of ketones is 1. The van der Waals surface area contributed by atoms with Crippen molar-refractivity contribution in [2.75, 3.05) is 13.9 Å². The molecule has 162 valence electrons. The highest BCUT2D eigenvalue weighted by molar-refractivity contribution is 6.03. The van der Waals surface area contributed by atoms with Crippen LogP contribution in [0.4, 0.5) is 0 Å². The highest BCUT2D eigenvalue weighted by Gasteiger charge is 2.54. The molecule has 0 radical (unpaired) electrons. The van der Waals surface area contributed by atoms with E-state index in [2.05, 4.69) is 13.8 Å². The molecule has 2 aromatic rings. The van der Waals surface area contributed by atoms with Crippen LogP contribution in [-0.2, 0) is 10.3 Å². The molecule has 31 heavy (non-hydrogen) atoms. The van der Waals surface area contributed by atoms with Gasteiger partial charge in [0.1, 0.15) is 11.4 Å². The Hall–Kier alpha value is -2.69. The van der Waals surface area contributed by atoms with Gasteiger partial charge < -0.3 is 14.6 Å². The zero-order chi connectivity index (χ0) is 22.5. The predicted octanol–water partition coefficient (Wildman–Crippen LogP) is 5.08. The standard InChI is InChI=1S/C27H30O4/c1-15-10-9-12-21-23(15)27(29,22-13-8-7-11-20(22)25(21)28)24-18(4)16(2)17(3)19(5)26(24)31-14-30-6/h7-13,21,23,29H,14H2,1-6H3. The zero-order valence-corrected chi connectivity index (χ0v) is 19.1. The number of carbonyl (C=O) groups is 1. The fraction of sp³-hybridized carbons (Fsp3) is 0.370. The molecule has 4 nitrogen and oxygen atoms in total. The summed E-state index contributed by atoms with van der Waals surface area (Å²) in [6.45, 7) is 10.3. The molecule has 0 aromatic heterocycles. The number of benzene rings is 2. The van der Waals surface area contributed by atoms with E-state index in [1.807, 2.05) is 63.3 Å². The Kier molecular flexibility index (Phi) is 5.40. The first-order valence-electron chi connectivity index (χ1n) is 10.7. The maximum atomic E-state index is 13.4. The molecule has 4 rings (SSSR count). The van der Waals surface area contributed by atoms with E-state index < -0.39 is 17.4 Å². The molecular formula is C27H30O4. The molecule has 3 atom stereocenters. The lowest BCUT2D eigenvalue weighted by Gasteiger charge is -2.47. The van der Waals surface area contributed by atoms with Gasteiger partial charge in [0, 0.05) is 24.2 Å². The number of Topliss-reactive ketones (excluding diaryl/α,β-unsaturated/α-hetero) is 1. The molecule has 3 unspecified atom stereocenters. The summed E-state index contributed by atoms with van der Waals surface area (Å²) in [5.41, 5.74) is 5.68. The molecule has 0 fully saturated rings. The van der Waals surface area contributed by atoms with Crippen LogP contribution >= 0.6 is 0 Å². The van der Waals surface area contributed by atoms with Gasteiger partial charge in [0.05, 0.1) is 5.92 Å². The van der Waals surface area contributed by atoms with Crippen molar-refractivity contribution in [2.24, 2.45) is 11.8 Å². The van der Waals surface area contributed by atoms with Crippen molar-refractivity contribution < 1.29 is 19.4 Å². The first-order chi connectivity index (χ1) is 14.7. The first-order valence-corrected chi connectivity index (χ1v) is 10.7. The number of aliphatic hydroxyl groups is 1. The Morgan fingerprint density at radius 1 is 1.00 bits per heavy atom. The second-order valence-electron chi connectivity index (χ2n) is 8.73. The second kappa shape index (κ2) is 7.77. The lowest BCUT2D eigenvalue weighted by atomic mass is 9.58. The molecule has 0 saturated carbocycles. The van der Waals surface area contributed by atoms with Gasteiger partial charge in [-0.2, -0.15) is 0 Å². The van der Waals surface area contributed by atoms with Gasteiger partial charge in [0.15, 0.2) is 12.6 Å². The molecule has 0 aliphatic heterocycles. The van der Waals surface area contributed by atoms with E-state index in [0.29, 0.717) is 16.9 Å². The SMILES string of the molecule is COCOc1c(C)c(C)c(C)c(C)c1C1(O)c2ccccc2C(=O)C2C=CC=C(C)C21. The van der Waals surface area contributed by atoms with Crippen molar-refractivity contribution in [1.29, 1.82) is 0 Å². The predicted molar refractivity (Wildman–Crippen MR) is 122 cm³/mol. The van der Waals surface area contributed by atoms with E-state index in [1.54, 1.807) is 7.11 Å². The number of hydrogen-bond donors (Lipinski definition) is 1. The molecule has 0 amide bonds. The summed E-state index contributed by atoms with van der Waals surface area (Å²) in [7, 11) is 1.58. The minimum Gasteiger partial charge on any atom is -0.467 e. The summed E-state index contributed by atoms with van der Waals surface area (Å²) in [4.78, 5) is 13.4. The van der Waals surface area contributed by atoms with Gasteiger partial charge in [-0.25, -0.2) is 0 Å². The Morgan fingerprint density at radius 3 is 2.39 bits per heavy atom. The summed E-state index contributed by atoms with van der Waals surface area (Å²) in [6.07, 6.45) is 5.83. The van der Waals surface area contributed by atoms with Crippen molar-refractivity contribution in [3.05, 3.63) is 87.0 Å². The normalized spacial score (nSPS) is 24.5. The maximum Gasteiger partial charge on any atom is 0.188 e. The van der Waals surface area contributed by atoms with Gasteiger partial charge >= 0.3 is 0 Å². The zero-order valence-electron chi connectivity index (χ0n) is 19.1. The van der Waals surface area contributed by atoms with Crippen LogP contribution in [-0.4, -0.2) is 24.8 Å². The van der Waals surface area contributed by atoms with Crippen LogP contribution in [0.3, 0.4) is 0 Å². The largest absolute Gasteiger partial charge is 0.467 e. The Bertz CT molecular complexity index is 1120. The van der Waals surface area contributed by atoms with Crippen molar-refractivity contribution in [3.8, 4) is 5.75 Å². The smallest absolute Gasteiger partial charge is 0.188 e. The molecule has 0 bridgehead atoms. The van der Waals surface area contributed by atoms with Crippen LogP contribution in [0, 0.1) is 39.5 Å². The number of ether oxygens (including phenoxy) is 2. The monoisotopic (exact) mass is 418 g/mol. The maximum absolute atomic E-state index is 13.4. The van der Waals surface area contributed by atoms with E-state index >= 15 is 0 Å². The lowest BCUT2D eigenvalue weighted by Crippen LogP contribution is -2.49. The molecule has 2 aromatic carbocycles. The molecule has 0 heterocycles. The highest BCUT2D eigenvalue weighted by Crippen LogP contribution is 2.55. The van der Waals surface area contributed by atoms with Crippen LogP contribution in [0.15, 0.2) is 48.1 Å². The lowest BCUT2D eigenvalue weighted by molar-refractivity contribution is -0.00144. The van der Waals surface area contributed by atoms with Gasteiger partial charge in [-0.1, -0.05) is 48.1 Å². The van der Waals surface area contributed by atoms with Gasteiger partial charge in [0.2, 0.25) is 0 Å².